The van der Waals surface area contributed by atoms with Gasteiger partial charge < -0.3 is 9.88 Å². The van der Waals surface area contributed by atoms with Crippen LogP contribution >= 0.6 is 11.8 Å². The van der Waals surface area contributed by atoms with Gasteiger partial charge in [0.1, 0.15) is 5.82 Å². The maximum atomic E-state index is 12.4. The summed E-state index contributed by atoms with van der Waals surface area (Å²) in [6, 6.07) is 18.1. The van der Waals surface area contributed by atoms with Gasteiger partial charge >= 0.3 is 0 Å². The van der Waals surface area contributed by atoms with Crippen molar-refractivity contribution < 1.29 is 4.79 Å². The number of aryl methyl sites for hydroxylation is 2. The zero-order valence-electron chi connectivity index (χ0n) is 15.2. The minimum Gasteiger partial charge on any atom is -0.334 e. The Morgan fingerprint density at radius 1 is 1.07 bits per heavy atom. The van der Waals surface area contributed by atoms with Crippen molar-refractivity contribution in [1.29, 1.82) is 0 Å². The van der Waals surface area contributed by atoms with Crippen molar-refractivity contribution in [2.24, 2.45) is 0 Å². The van der Waals surface area contributed by atoms with Crippen molar-refractivity contribution in [2.45, 2.75) is 31.6 Å². The van der Waals surface area contributed by atoms with Gasteiger partial charge in [0, 0.05) is 30.5 Å². The van der Waals surface area contributed by atoms with Crippen molar-refractivity contribution in [3.8, 4) is 11.3 Å². The van der Waals surface area contributed by atoms with Gasteiger partial charge in [0.05, 0.1) is 17.1 Å². The summed E-state index contributed by atoms with van der Waals surface area (Å²) in [4.78, 5) is 17.2. The van der Waals surface area contributed by atoms with E-state index in [0.717, 1.165) is 41.5 Å². The molecule has 1 aliphatic rings. The molecule has 0 saturated carbocycles. The third kappa shape index (κ3) is 4.42. The van der Waals surface area contributed by atoms with Crippen LogP contribution in [0.1, 0.15) is 24.2 Å². The van der Waals surface area contributed by atoms with Gasteiger partial charge in [0.2, 0.25) is 5.91 Å². The van der Waals surface area contributed by atoms with Gasteiger partial charge in [0.25, 0.3) is 0 Å². The highest BCUT2D eigenvalue weighted by Gasteiger charge is 2.16. The number of anilines is 1. The highest BCUT2D eigenvalue weighted by atomic mass is 32.2. The predicted octanol–water partition coefficient (Wildman–Crippen LogP) is 4.76. The van der Waals surface area contributed by atoms with E-state index < -0.39 is 0 Å². The molecular weight excluding hydrogens is 354 g/mol. The van der Waals surface area contributed by atoms with Crippen LogP contribution < -0.4 is 5.32 Å². The summed E-state index contributed by atoms with van der Waals surface area (Å²) in [7, 11) is 0. The van der Waals surface area contributed by atoms with Crippen LogP contribution in [0.3, 0.4) is 0 Å². The zero-order chi connectivity index (χ0) is 18.5. The fourth-order valence-electron chi connectivity index (χ4n) is 3.38. The Morgan fingerprint density at radius 2 is 1.89 bits per heavy atom. The van der Waals surface area contributed by atoms with Crippen LogP contribution in [0.15, 0.2) is 60.8 Å². The molecule has 0 unspecified atom stereocenters. The highest BCUT2D eigenvalue weighted by molar-refractivity contribution is 7.99. The lowest BCUT2D eigenvalue weighted by Crippen LogP contribution is -2.14. The molecule has 0 radical (unpaired) electrons. The molecule has 1 N–H and O–H groups in total. The zero-order valence-corrected chi connectivity index (χ0v) is 16.0. The molecule has 0 bridgehead atoms. The number of benzene rings is 2. The number of aromatic nitrogens is 2. The van der Waals surface area contributed by atoms with E-state index >= 15 is 0 Å². The van der Waals surface area contributed by atoms with Crippen LogP contribution in [-0.4, -0.2) is 21.2 Å². The fourth-order valence-corrected chi connectivity index (χ4v) is 4.17. The quantitative estimate of drug-likeness (QED) is 0.674. The number of carbonyl (C=O) groups is 1. The molecule has 5 heteroatoms. The van der Waals surface area contributed by atoms with Gasteiger partial charge in [0.15, 0.2) is 0 Å². The largest absolute Gasteiger partial charge is 0.334 e. The summed E-state index contributed by atoms with van der Waals surface area (Å²) in [6.07, 6.45) is 5.56. The first kappa shape index (κ1) is 17.9. The second-order valence-electron chi connectivity index (χ2n) is 6.77. The Hall–Kier alpha value is -2.53. The monoisotopic (exact) mass is 377 g/mol. The molecule has 0 saturated heterocycles. The second kappa shape index (κ2) is 8.44. The summed E-state index contributed by atoms with van der Waals surface area (Å²) >= 11 is 1.63. The lowest BCUT2D eigenvalue weighted by Gasteiger charge is -2.11. The fraction of sp³-hybridized carbons (Fsp3) is 0.273. The lowest BCUT2D eigenvalue weighted by molar-refractivity contribution is -0.113. The van der Waals surface area contributed by atoms with Gasteiger partial charge in [-0.3, -0.25) is 4.79 Å². The topological polar surface area (TPSA) is 46.9 Å². The van der Waals surface area contributed by atoms with Crippen molar-refractivity contribution in [3.63, 3.8) is 0 Å². The molecular formula is C22H23N3OS. The van der Waals surface area contributed by atoms with Crippen LogP contribution in [-0.2, 0) is 23.5 Å². The molecule has 3 aromatic rings. The molecule has 2 aromatic carbocycles. The van der Waals surface area contributed by atoms with E-state index in [1.165, 1.54) is 18.4 Å². The van der Waals surface area contributed by atoms with Crippen LogP contribution in [0.2, 0.25) is 0 Å². The summed E-state index contributed by atoms with van der Waals surface area (Å²) in [5.41, 5.74) is 4.00. The molecule has 2 heterocycles. The molecule has 0 fully saturated rings. The summed E-state index contributed by atoms with van der Waals surface area (Å²) < 4.78 is 2.24. The molecule has 1 amide bonds. The second-order valence-corrected chi connectivity index (χ2v) is 7.75. The first-order chi connectivity index (χ1) is 13.3. The van der Waals surface area contributed by atoms with Crippen LogP contribution in [0, 0.1) is 0 Å². The van der Waals surface area contributed by atoms with Gasteiger partial charge in [-0.1, -0.05) is 48.5 Å². The standard InChI is InChI=1S/C22H23N3OS/c26-22(16-27-15-17-8-2-1-3-9-17)24-19-11-5-4-10-18(19)20-14-25-13-7-6-12-21(25)23-20/h1-5,8-11,14H,6-7,12-13,15-16H2,(H,24,26). The van der Waals surface area contributed by atoms with E-state index in [2.05, 4.69) is 28.2 Å². The first-order valence-electron chi connectivity index (χ1n) is 9.36. The maximum absolute atomic E-state index is 12.4. The van der Waals surface area contributed by atoms with Crippen LogP contribution in [0.25, 0.3) is 11.3 Å². The van der Waals surface area contributed by atoms with Crippen molar-refractivity contribution in [1.82, 2.24) is 9.55 Å². The minimum absolute atomic E-state index is 0.0207. The third-order valence-electron chi connectivity index (χ3n) is 4.73. The van der Waals surface area contributed by atoms with E-state index in [1.807, 2.05) is 42.5 Å². The van der Waals surface area contributed by atoms with Gasteiger partial charge in [-0.05, 0) is 24.5 Å². The average molecular weight is 378 g/mol. The molecule has 1 aliphatic heterocycles. The van der Waals surface area contributed by atoms with Gasteiger partial charge in [-0.25, -0.2) is 4.98 Å². The number of hydrogen-bond acceptors (Lipinski definition) is 3. The molecule has 0 aliphatic carbocycles. The predicted molar refractivity (Wildman–Crippen MR) is 112 cm³/mol. The van der Waals surface area contributed by atoms with Crippen LogP contribution in [0.5, 0.6) is 0 Å². The molecule has 0 spiro atoms. The SMILES string of the molecule is O=C(CSCc1ccccc1)Nc1ccccc1-c1cn2c(n1)CCCC2. The van der Waals surface area contributed by atoms with E-state index in [9.17, 15) is 4.79 Å². The molecule has 1 aromatic heterocycles. The summed E-state index contributed by atoms with van der Waals surface area (Å²) in [5, 5.41) is 3.07. The van der Waals surface area contributed by atoms with Crippen molar-refractivity contribution in [2.75, 3.05) is 11.1 Å². The average Bonchev–Trinajstić information content (AvgIpc) is 3.13. The Bertz CT molecular complexity index is 897. The molecule has 27 heavy (non-hydrogen) atoms. The van der Waals surface area contributed by atoms with Crippen molar-refractivity contribution in [3.05, 3.63) is 72.2 Å². The number of nitrogens with one attached hydrogen (secondary N) is 1. The number of imidazole rings is 1. The third-order valence-corrected chi connectivity index (χ3v) is 5.73. The first-order valence-corrected chi connectivity index (χ1v) is 10.5. The molecule has 4 rings (SSSR count). The van der Waals surface area contributed by atoms with E-state index in [-0.39, 0.29) is 5.91 Å². The molecule has 4 nitrogen and oxygen atoms in total. The number of carbonyl (C=O) groups excluding carboxylic acids is 1. The van der Waals surface area contributed by atoms with E-state index in [0.29, 0.717) is 5.75 Å². The van der Waals surface area contributed by atoms with Gasteiger partial charge in [-0.2, -0.15) is 0 Å². The maximum Gasteiger partial charge on any atom is 0.234 e. The number of rotatable bonds is 6. The number of fused-ring (bicyclic) bond motifs is 1. The summed E-state index contributed by atoms with van der Waals surface area (Å²) in [6.45, 7) is 1.03. The number of amides is 1. The normalized spacial score (nSPS) is 13.2. The summed E-state index contributed by atoms with van der Waals surface area (Å²) in [5.74, 6) is 2.44. The number of nitrogens with zero attached hydrogens (tertiary/aromatic N) is 2. The number of para-hydroxylation sites is 1. The van der Waals surface area contributed by atoms with Gasteiger partial charge in [-0.15, -0.1) is 11.8 Å². The van der Waals surface area contributed by atoms with E-state index in [4.69, 9.17) is 4.98 Å². The number of thioether (sulfide) groups is 1. The minimum atomic E-state index is 0.0207. The number of hydrogen-bond donors (Lipinski definition) is 1. The Kier molecular flexibility index (Phi) is 5.58. The molecule has 0 atom stereocenters. The smallest absolute Gasteiger partial charge is 0.234 e. The highest BCUT2D eigenvalue weighted by Crippen LogP contribution is 2.29. The Labute approximate surface area is 164 Å². The Balaban J connectivity index is 1.42. The Morgan fingerprint density at radius 3 is 2.74 bits per heavy atom. The van der Waals surface area contributed by atoms with Crippen LogP contribution in [0.4, 0.5) is 5.69 Å². The van der Waals surface area contributed by atoms with Crippen molar-refractivity contribution >= 4 is 23.4 Å². The van der Waals surface area contributed by atoms with E-state index in [1.54, 1.807) is 11.8 Å². The molecule has 138 valence electrons. The lowest BCUT2D eigenvalue weighted by atomic mass is 10.1.